The third-order valence-corrected chi connectivity index (χ3v) is 7.79. The number of ether oxygens (including phenoxy) is 2. The first kappa shape index (κ1) is 24.9. The van der Waals surface area contributed by atoms with E-state index < -0.39 is 41.1 Å². The predicted octanol–water partition coefficient (Wildman–Crippen LogP) is 2.21. The van der Waals surface area contributed by atoms with Gasteiger partial charge in [0.25, 0.3) is 0 Å². The van der Waals surface area contributed by atoms with Crippen LogP contribution in [0.4, 0.5) is 0 Å². The number of likely N-dealkylation sites (tertiary alicyclic amines) is 1. The number of hydrogen-bond acceptors (Lipinski definition) is 6. The van der Waals surface area contributed by atoms with Crippen LogP contribution in [-0.4, -0.2) is 82.3 Å². The fourth-order valence-corrected chi connectivity index (χ4v) is 6.10. The Morgan fingerprint density at radius 3 is 2.65 bits per heavy atom. The number of rotatable bonds is 6. The first-order valence-corrected chi connectivity index (χ1v) is 12.7. The molecule has 1 N–H and O–H groups in total. The summed E-state index contributed by atoms with van der Waals surface area (Å²) in [7, 11) is 0. The molecule has 1 unspecified atom stereocenters. The molecule has 2 saturated heterocycles. The second-order valence-electron chi connectivity index (χ2n) is 10.2. The van der Waals surface area contributed by atoms with Gasteiger partial charge in [-0.15, -0.1) is 0 Å². The molecule has 188 valence electrons. The minimum absolute atomic E-state index is 0.193. The van der Waals surface area contributed by atoms with Crippen molar-refractivity contribution in [1.82, 2.24) is 9.80 Å². The van der Waals surface area contributed by atoms with E-state index in [1.54, 1.807) is 11.8 Å². The minimum atomic E-state index is -1.30. The van der Waals surface area contributed by atoms with Crippen molar-refractivity contribution in [2.24, 2.45) is 11.8 Å². The van der Waals surface area contributed by atoms with Crippen LogP contribution in [0, 0.1) is 11.8 Å². The van der Waals surface area contributed by atoms with Crippen molar-refractivity contribution in [3.63, 3.8) is 0 Å². The molecule has 8 heteroatoms. The van der Waals surface area contributed by atoms with Gasteiger partial charge >= 0.3 is 5.97 Å². The number of hydrogen-bond donors (Lipinski definition) is 1. The molecule has 1 spiro atoms. The Balaban J connectivity index is 1.81. The van der Waals surface area contributed by atoms with Crippen molar-refractivity contribution in [2.45, 2.75) is 82.6 Å². The summed E-state index contributed by atoms with van der Waals surface area (Å²) in [6.07, 6.45) is 13.0. The Labute approximate surface area is 201 Å². The number of cyclic esters (lactones) is 1. The summed E-state index contributed by atoms with van der Waals surface area (Å²) in [6, 6.07) is -1.53. The van der Waals surface area contributed by atoms with E-state index in [1.807, 2.05) is 31.2 Å². The lowest BCUT2D eigenvalue weighted by molar-refractivity contribution is -0.161. The van der Waals surface area contributed by atoms with Gasteiger partial charge in [-0.3, -0.25) is 14.4 Å². The number of aliphatic hydroxyl groups is 1. The molecule has 0 aromatic rings. The summed E-state index contributed by atoms with van der Waals surface area (Å²) >= 11 is 0. The number of carbonyl (C=O) groups is 3. The van der Waals surface area contributed by atoms with Gasteiger partial charge in [-0.05, 0) is 39.5 Å². The molecule has 0 saturated carbocycles. The van der Waals surface area contributed by atoms with Crippen LogP contribution in [0.25, 0.3) is 0 Å². The van der Waals surface area contributed by atoms with Gasteiger partial charge in [0.2, 0.25) is 11.8 Å². The maximum Gasteiger partial charge on any atom is 0.313 e. The summed E-state index contributed by atoms with van der Waals surface area (Å²) in [5.41, 5.74) is -2.38. The zero-order chi connectivity index (χ0) is 24.5. The Hall–Kier alpha value is -2.19. The lowest BCUT2D eigenvalue weighted by Crippen LogP contribution is -2.58. The minimum Gasteiger partial charge on any atom is -0.465 e. The standard InChI is InChI=1S/C26H38N2O6/c1-4-5-9-14-27-15-11-13-26-19(22(30)28(18(2)17-29)21(26)23(27)31)20-24(32)33-16-10-7-6-8-12-25(20,3)34-26/h8,11-13,18-21,29H,4-7,9-10,14-17H2,1-3H3/b12-8-/t18-,19+,20-,21?,25+,26+/m1/s1. The van der Waals surface area contributed by atoms with Crippen LogP contribution in [0.15, 0.2) is 24.3 Å². The van der Waals surface area contributed by atoms with E-state index in [4.69, 9.17) is 9.47 Å². The zero-order valence-corrected chi connectivity index (χ0v) is 20.6. The van der Waals surface area contributed by atoms with Crippen LogP contribution in [0.5, 0.6) is 0 Å². The number of unbranched alkanes of at least 4 members (excludes halogenated alkanes) is 2. The predicted molar refractivity (Wildman–Crippen MR) is 126 cm³/mol. The monoisotopic (exact) mass is 474 g/mol. The molecule has 0 radical (unpaired) electrons. The molecule has 2 amide bonds. The quantitative estimate of drug-likeness (QED) is 0.360. The van der Waals surface area contributed by atoms with E-state index in [0.717, 1.165) is 38.5 Å². The van der Waals surface area contributed by atoms with Gasteiger partial charge in [0, 0.05) is 13.1 Å². The van der Waals surface area contributed by atoms with Crippen LogP contribution >= 0.6 is 0 Å². The number of nitrogens with zero attached hydrogens (tertiary/aromatic N) is 2. The Morgan fingerprint density at radius 1 is 1.12 bits per heavy atom. The third-order valence-electron chi connectivity index (χ3n) is 7.79. The largest absolute Gasteiger partial charge is 0.465 e. The number of esters is 1. The first-order valence-electron chi connectivity index (χ1n) is 12.7. The lowest BCUT2D eigenvalue weighted by atomic mass is 9.74. The summed E-state index contributed by atoms with van der Waals surface area (Å²) in [5, 5.41) is 9.97. The van der Waals surface area contributed by atoms with Gasteiger partial charge in [-0.1, -0.05) is 44.1 Å². The van der Waals surface area contributed by atoms with Crippen molar-refractivity contribution in [2.75, 3.05) is 26.3 Å². The van der Waals surface area contributed by atoms with Crippen LogP contribution in [0.2, 0.25) is 0 Å². The highest BCUT2D eigenvalue weighted by molar-refractivity contribution is 5.99. The summed E-state index contributed by atoms with van der Waals surface area (Å²) in [5.74, 6) is -2.77. The molecule has 0 aliphatic carbocycles. The highest BCUT2D eigenvalue weighted by atomic mass is 16.6. The van der Waals surface area contributed by atoms with Gasteiger partial charge in [0.05, 0.1) is 30.8 Å². The zero-order valence-electron chi connectivity index (χ0n) is 20.6. The highest BCUT2D eigenvalue weighted by Gasteiger charge is 2.75. The van der Waals surface area contributed by atoms with Crippen molar-refractivity contribution in [3.8, 4) is 0 Å². The molecule has 8 nitrogen and oxygen atoms in total. The summed E-state index contributed by atoms with van der Waals surface area (Å²) in [4.78, 5) is 44.5. The van der Waals surface area contributed by atoms with Crippen molar-refractivity contribution < 1.29 is 29.0 Å². The van der Waals surface area contributed by atoms with E-state index in [9.17, 15) is 19.5 Å². The molecule has 34 heavy (non-hydrogen) atoms. The number of carbonyl (C=O) groups excluding carboxylic acids is 3. The van der Waals surface area contributed by atoms with Gasteiger partial charge in [0.1, 0.15) is 17.6 Å². The molecule has 4 aliphatic heterocycles. The number of fused-ring (bicyclic) bond motifs is 2. The first-order chi connectivity index (χ1) is 16.3. The van der Waals surface area contributed by atoms with Crippen LogP contribution in [0.1, 0.15) is 59.3 Å². The second-order valence-corrected chi connectivity index (χ2v) is 10.2. The topological polar surface area (TPSA) is 96.4 Å². The highest BCUT2D eigenvalue weighted by Crippen LogP contribution is 2.57. The molecular formula is C26H38N2O6. The molecule has 6 atom stereocenters. The van der Waals surface area contributed by atoms with E-state index in [1.165, 1.54) is 4.90 Å². The molecule has 2 fully saturated rings. The van der Waals surface area contributed by atoms with E-state index >= 15 is 0 Å². The molecule has 0 bridgehead atoms. The SMILES string of the molecule is CCCCCN1CC=C[C@]23O[C@@]4(C)/C=C\CCCCOC(=O)[C@H]4[C@H]2C(=O)N([C@H](C)CO)C3C1=O. The lowest BCUT2D eigenvalue weighted by Gasteiger charge is -2.39. The Morgan fingerprint density at radius 2 is 1.91 bits per heavy atom. The molecule has 0 aromatic heterocycles. The smallest absolute Gasteiger partial charge is 0.313 e. The number of aliphatic hydroxyl groups excluding tert-OH is 1. The van der Waals surface area contributed by atoms with Gasteiger partial charge < -0.3 is 24.4 Å². The maximum atomic E-state index is 14.0. The average Bonchev–Trinajstić information content (AvgIpc) is 3.15. The molecule has 4 heterocycles. The third kappa shape index (κ3) is 3.98. The van der Waals surface area contributed by atoms with Crippen molar-refractivity contribution >= 4 is 17.8 Å². The van der Waals surface area contributed by atoms with Crippen LogP contribution in [-0.2, 0) is 23.9 Å². The summed E-state index contributed by atoms with van der Waals surface area (Å²) < 4.78 is 12.3. The number of amides is 2. The molecule has 0 aromatic carbocycles. The molecular weight excluding hydrogens is 436 g/mol. The Kier molecular flexibility index (Phi) is 7.20. The Bertz CT molecular complexity index is 871. The maximum absolute atomic E-state index is 14.0. The van der Waals surface area contributed by atoms with E-state index in [0.29, 0.717) is 19.7 Å². The van der Waals surface area contributed by atoms with Gasteiger partial charge in [-0.25, -0.2) is 0 Å². The van der Waals surface area contributed by atoms with E-state index in [-0.39, 0.29) is 18.4 Å². The normalized spacial score (nSPS) is 37.5. The van der Waals surface area contributed by atoms with Crippen molar-refractivity contribution in [3.05, 3.63) is 24.3 Å². The van der Waals surface area contributed by atoms with E-state index in [2.05, 4.69) is 6.92 Å². The van der Waals surface area contributed by atoms with Crippen LogP contribution < -0.4 is 0 Å². The molecule has 4 aliphatic rings. The van der Waals surface area contributed by atoms with Gasteiger partial charge in [-0.2, -0.15) is 0 Å². The summed E-state index contributed by atoms with van der Waals surface area (Å²) in [6.45, 7) is 6.68. The van der Waals surface area contributed by atoms with Crippen LogP contribution in [0.3, 0.4) is 0 Å². The van der Waals surface area contributed by atoms with Crippen molar-refractivity contribution in [1.29, 1.82) is 0 Å². The second kappa shape index (κ2) is 9.82. The average molecular weight is 475 g/mol. The molecule has 4 rings (SSSR count). The fourth-order valence-electron chi connectivity index (χ4n) is 6.10. The number of allylic oxidation sites excluding steroid dienone is 1. The fraction of sp³-hybridized carbons (Fsp3) is 0.731. The van der Waals surface area contributed by atoms with Gasteiger partial charge in [0.15, 0.2) is 0 Å².